The van der Waals surface area contributed by atoms with Crippen molar-refractivity contribution in [1.82, 2.24) is 10.7 Å². The smallest absolute Gasteiger partial charge is 0.270 e. The Hall–Kier alpha value is -4.33. The van der Waals surface area contributed by atoms with Crippen molar-refractivity contribution >= 4 is 23.7 Å². The van der Waals surface area contributed by atoms with Crippen molar-refractivity contribution in [2.75, 3.05) is 0 Å². The van der Waals surface area contributed by atoms with Crippen LogP contribution in [0.4, 0.5) is 5.69 Å². The quantitative estimate of drug-likeness (QED) is 0.334. The molecule has 3 aromatic rings. The molecule has 0 aliphatic carbocycles. The van der Waals surface area contributed by atoms with E-state index in [1.165, 1.54) is 24.4 Å². The summed E-state index contributed by atoms with van der Waals surface area (Å²) in [4.78, 5) is 35.6. The molecule has 0 radical (unpaired) electrons. The Morgan fingerprint density at radius 2 is 1.65 bits per heavy atom. The fraction of sp³-hybridized carbons (Fsp3) is 0.0870. The number of nitrogens with zero attached hydrogens (tertiary/aromatic N) is 2. The van der Waals surface area contributed by atoms with Gasteiger partial charge < -0.3 is 5.32 Å². The molecule has 0 saturated heterocycles. The molecular weight excluding hydrogens is 396 g/mol. The standard InChI is InChI=1S/C23H20N4O4/c28-22(19-11-5-2-6-12-19)25-21(15-17-8-3-1-4-9-17)23(29)26-24-16-18-10-7-13-20(14-18)27(30)31/h1-14,16,21H,15H2,(H,25,28)(H,26,29)/t21-/m0/s1. The monoisotopic (exact) mass is 416 g/mol. The lowest BCUT2D eigenvalue weighted by molar-refractivity contribution is -0.384. The van der Waals surface area contributed by atoms with Gasteiger partial charge in [0.2, 0.25) is 0 Å². The number of hydrogen-bond donors (Lipinski definition) is 2. The van der Waals surface area contributed by atoms with E-state index in [-0.39, 0.29) is 18.0 Å². The molecular formula is C23H20N4O4. The van der Waals surface area contributed by atoms with Gasteiger partial charge in [-0.2, -0.15) is 5.10 Å². The summed E-state index contributed by atoms with van der Waals surface area (Å²) in [5, 5.41) is 17.5. The van der Waals surface area contributed by atoms with Gasteiger partial charge in [-0.05, 0) is 17.7 Å². The van der Waals surface area contributed by atoms with E-state index in [1.807, 2.05) is 30.3 Å². The molecule has 0 fully saturated rings. The Morgan fingerprint density at radius 1 is 0.968 bits per heavy atom. The fourth-order valence-corrected chi connectivity index (χ4v) is 2.86. The number of nitro benzene ring substituents is 1. The number of amides is 2. The van der Waals surface area contributed by atoms with E-state index in [1.54, 1.807) is 36.4 Å². The van der Waals surface area contributed by atoms with Gasteiger partial charge in [0, 0.05) is 29.7 Å². The van der Waals surface area contributed by atoms with Crippen molar-refractivity contribution < 1.29 is 14.5 Å². The first kappa shape index (κ1) is 21.4. The lowest BCUT2D eigenvalue weighted by Crippen LogP contribution is -2.46. The lowest BCUT2D eigenvalue weighted by Gasteiger charge is -2.17. The Balaban J connectivity index is 1.71. The van der Waals surface area contributed by atoms with Crippen molar-refractivity contribution in [1.29, 1.82) is 0 Å². The molecule has 0 heterocycles. The lowest BCUT2D eigenvalue weighted by atomic mass is 10.0. The van der Waals surface area contributed by atoms with Crippen molar-refractivity contribution in [3.63, 3.8) is 0 Å². The van der Waals surface area contributed by atoms with E-state index in [0.29, 0.717) is 11.1 Å². The highest BCUT2D eigenvalue weighted by Crippen LogP contribution is 2.11. The second-order valence-electron chi connectivity index (χ2n) is 6.67. The number of nitro groups is 1. The Labute approximate surface area is 178 Å². The zero-order valence-corrected chi connectivity index (χ0v) is 16.5. The number of carbonyl (C=O) groups is 2. The van der Waals surface area contributed by atoms with Gasteiger partial charge in [0.05, 0.1) is 11.1 Å². The van der Waals surface area contributed by atoms with Crippen LogP contribution in [0, 0.1) is 10.1 Å². The van der Waals surface area contributed by atoms with Crippen LogP contribution in [0.5, 0.6) is 0 Å². The topological polar surface area (TPSA) is 114 Å². The molecule has 2 N–H and O–H groups in total. The number of non-ortho nitro benzene ring substituents is 1. The first-order valence-electron chi connectivity index (χ1n) is 9.50. The summed E-state index contributed by atoms with van der Waals surface area (Å²) in [7, 11) is 0. The molecule has 156 valence electrons. The van der Waals surface area contributed by atoms with Crippen LogP contribution in [0.25, 0.3) is 0 Å². The van der Waals surface area contributed by atoms with Gasteiger partial charge in [-0.3, -0.25) is 19.7 Å². The highest BCUT2D eigenvalue weighted by Gasteiger charge is 2.21. The van der Waals surface area contributed by atoms with E-state index in [2.05, 4.69) is 15.8 Å². The predicted octanol–water partition coefficient (Wildman–Crippen LogP) is 3.09. The number of hydrogen-bond acceptors (Lipinski definition) is 5. The fourth-order valence-electron chi connectivity index (χ4n) is 2.86. The zero-order valence-electron chi connectivity index (χ0n) is 16.5. The summed E-state index contributed by atoms with van der Waals surface area (Å²) in [6.07, 6.45) is 1.58. The van der Waals surface area contributed by atoms with Crippen molar-refractivity contribution in [3.8, 4) is 0 Å². The molecule has 0 aromatic heterocycles. The largest absolute Gasteiger partial charge is 0.340 e. The molecule has 0 saturated carbocycles. The number of nitrogens with one attached hydrogen (secondary N) is 2. The molecule has 0 bridgehead atoms. The highest BCUT2D eigenvalue weighted by atomic mass is 16.6. The number of hydrazone groups is 1. The second-order valence-corrected chi connectivity index (χ2v) is 6.67. The minimum Gasteiger partial charge on any atom is -0.340 e. The summed E-state index contributed by atoms with van der Waals surface area (Å²) in [6.45, 7) is 0. The van der Waals surface area contributed by atoms with E-state index in [9.17, 15) is 19.7 Å². The third-order valence-corrected chi connectivity index (χ3v) is 4.41. The third-order valence-electron chi connectivity index (χ3n) is 4.41. The van der Waals surface area contributed by atoms with E-state index in [0.717, 1.165) is 5.56 Å². The molecule has 0 spiro atoms. The predicted molar refractivity (Wildman–Crippen MR) is 117 cm³/mol. The summed E-state index contributed by atoms with van der Waals surface area (Å²) >= 11 is 0. The van der Waals surface area contributed by atoms with Crippen LogP contribution < -0.4 is 10.7 Å². The SMILES string of the molecule is O=C(N[C@@H](Cc1ccccc1)C(=O)NN=Cc1cccc([N+](=O)[O-])c1)c1ccccc1. The zero-order chi connectivity index (χ0) is 22.1. The van der Waals surface area contributed by atoms with Crippen LogP contribution >= 0.6 is 0 Å². The summed E-state index contributed by atoms with van der Waals surface area (Å²) in [6, 6.07) is 22.9. The van der Waals surface area contributed by atoms with Crippen LogP contribution in [0.3, 0.4) is 0 Å². The minimum atomic E-state index is -0.864. The maximum atomic E-state index is 12.7. The normalized spacial score (nSPS) is 11.6. The average molecular weight is 416 g/mol. The Morgan fingerprint density at radius 3 is 2.32 bits per heavy atom. The second kappa shape index (κ2) is 10.4. The van der Waals surface area contributed by atoms with E-state index < -0.39 is 16.9 Å². The summed E-state index contributed by atoms with van der Waals surface area (Å²) in [5.74, 6) is -0.880. The van der Waals surface area contributed by atoms with Crippen LogP contribution in [0.1, 0.15) is 21.5 Å². The molecule has 3 rings (SSSR count). The molecule has 8 heteroatoms. The van der Waals surface area contributed by atoms with Crippen molar-refractivity contribution in [2.24, 2.45) is 5.10 Å². The molecule has 0 aliphatic rings. The van der Waals surface area contributed by atoms with E-state index in [4.69, 9.17) is 0 Å². The van der Waals surface area contributed by atoms with Gasteiger partial charge in [-0.15, -0.1) is 0 Å². The highest BCUT2D eigenvalue weighted by molar-refractivity contribution is 5.97. The molecule has 2 amide bonds. The number of benzene rings is 3. The molecule has 0 unspecified atom stereocenters. The van der Waals surface area contributed by atoms with Gasteiger partial charge in [-0.1, -0.05) is 60.7 Å². The first-order valence-corrected chi connectivity index (χ1v) is 9.50. The summed E-state index contributed by atoms with van der Waals surface area (Å²) < 4.78 is 0. The van der Waals surface area contributed by atoms with Gasteiger partial charge in [0.25, 0.3) is 17.5 Å². The van der Waals surface area contributed by atoms with Crippen molar-refractivity contribution in [2.45, 2.75) is 12.5 Å². The van der Waals surface area contributed by atoms with E-state index >= 15 is 0 Å². The maximum absolute atomic E-state index is 12.7. The van der Waals surface area contributed by atoms with Gasteiger partial charge >= 0.3 is 0 Å². The van der Waals surface area contributed by atoms with Crippen LogP contribution in [-0.2, 0) is 11.2 Å². The molecule has 31 heavy (non-hydrogen) atoms. The van der Waals surface area contributed by atoms with Gasteiger partial charge in [0.15, 0.2) is 0 Å². The van der Waals surface area contributed by atoms with Gasteiger partial charge in [0.1, 0.15) is 6.04 Å². The Kier molecular flexibility index (Phi) is 7.21. The number of carbonyl (C=O) groups excluding carboxylic acids is 2. The Bertz CT molecular complexity index is 1090. The van der Waals surface area contributed by atoms with Crippen molar-refractivity contribution in [3.05, 3.63) is 112 Å². The molecule has 0 aliphatic heterocycles. The van der Waals surface area contributed by atoms with Crippen LogP contribution in [-0.4, -0.2) is 29.0 Å². The molecule has 8 nitrogen and oxygen atoms in total. The van der Waals surface area contributed by atoms with Crippen LogP contribution in [0.15, 0.2) is 90.0 Å². The average Bonchev–Trinajstić information content (AvgIpc) is 2.80. The first-order chi connectivity index (χ1) is 15.0. The molecule has 1 atom stereocenters. The minimum absolute atomic E-state index is 0.0765. The molecule has 3 aromatic carbocycles. The third kappa shape index (κ3) is 6.33. The number of rotatable bonds is 8. The maximum Gasteiger partial charge on any atom is 0.270 e. The van der Waals surface area contributed by atoms with Gasteiger partial charge in [-0.25, -0.2) is 5.43 Å². The summed E-state index contributed by atoms with van der Waals surface area (Å²) in [5.41, 5.74) is 4.10. The van der Waals surface area contributed by atoms with Crippen LogP contribution in [0.2, 0.25) is 0 Å².